The van der Waals surface area contributed by atoms with Crippen molar-refractivity contribution in [2.24, 2.45) is 0 Å². The number of aromatic nitrogens is 3. The molecule has 3 heterocycles. The minimum Gasteiger partial charge on any atom is -0.497 e. The fourth-order valence-electron chi connectivity index (χ4n) is 3.15. The number of aryl methyl sites for hydroxylation is 2. The lowest BCUT2D eigenvalue weighted by Gasteiger charge is -2.10. The number of hydrogen-bond donors (Lipinski definition) is 0. The molecule has 0 saturated heterocycles. The van der Waals surface area contributed by atoms with Gasteiger partial charge < -0.3 is 9.30 Å². The Balaban J connectivity index is 1.87. The molecule has 27 heavy (non-hydrogen) atoms. The second kappa shape index (κ2) is 6.89. The Morgan fingerprint density at radius 3 is 2.41 bits per heavy atom. The van der Waals surface area contributed by atoms with Gasteiger partial charge >= 0.3 is 0 Å². The fourth-order valence-corrected chi connectivity index (χ4v) is 4.15. The van der Waals surface area contributed by atoms with Crippen molar-refractivity contribution < 1.29 is 9.53 Å². The predicted octanol–water partition coefficient (Wildman–Crippen LogP) is 4.72. The zero-order valence-corrected chi connectivity index (χ0v) is 16.2. The molecule has 0 aliphatic carbocycles. The molecule has 4 aromatic rings. The maximum Gasteiger partial charge on any atom is 0.290 e. The highest BCUT2D eigenvalue weighted by Gasteiger charge is 2.23. The van der Waals surface area contributed by atoms with Gasteiger partial charge in [-0.3, -0.25) is 4.79 Å². The summed E-state index contributed by atoms with van der Waals surface area (Å²) in [5, 5.41) is 6.39. The molecule has 0 amide bonds. The number of rotatable bonds is 4. The molecular formula is C21H19N3O2S. The molecule has 0 atom stereocenters. The molecule has 0 N–H and O–H groups in total. The van der Waals surface area contributed by atoms with Crippen molar-refractivity contribution in [3.05, 3.63) is 76.5 Å². The van der Waals surface area contributed by atoms with Crippen LogP contribution in [0.1, 0.15) is 21.1 Å². The molecule has 0 aliphatic heterocycles. The zero-order valence-electron chi connectivity index (χ0n) is 15.3. The fraction of sp³-hybridized carbons (Fsp3) is 0.143. The Morgan fingerprint density at radius 1 is 1.11 bits per heavy atom. The number of thiophene rings is 1. The van der Waals surface area contributed by atoms with Crippen molar-refractivity contribution in [3.63, 3.8) is 0 Å². The van der Waals surface area contributed by atoms with E-state index in [-0.39, 0.29) is 5.91 Å². The van der Waals surface area contributed by atoms with Crippen LogP contribution in [-0.2, 0) is 0 Å². The smallest absolute Gasteiger partial charge is 0.290 e. The van der Waals surface area contributed by atoms with Gasteiger partial charge in [-0.25, -0.2) is 4.68 Å². The SMILES string of the molecule is COc1ccc(-c2csc(C(=O)n3nc(C)cc3C)c2-n2cccc2)cc1. The third-order valence-corrected chi connectivity index (χ3v) is 5.38. The van der Waals surface area contributed by atoms with E-state index in [4.69, 9.17) is 4.74 Å². The normalized spacial score (nSPS) is 10.9. The van der Waals surface area contributed by atoms with Crippen LogP contribution in [-0.4, -0.2) is 27.4 Å². The van der Waals surface area contributed by atoms with Crippen LogP contribution in [0.5, 0.6) is 5.75 Å². The molecule has 3 aromatic heterocycles. The highest BCUT2D eigenvalue weighted by Crippen LogP contribution is 2.36. The number of nitrogens with zero attached hydrogens (tertiary/aromatic N) is 3. The van der Waals surface area contributed by atoms with E-state index in [1.54, 1.807) is 7.11 Å². The third kappa shape index (κ3) is 3.08. The number of carbonyl (C=O) groups excluding carboxylic acids is 1. The zero-order chi connectivity index (χ0) is 19.0. The van der Waals surface area contributed by atoms with Crippen LogP contribution >= 0.6 is 11.3 Å². The first kappa shape index (κ1) is 17.3. The van der Waals surface area contributed by atoms with E-state index in [9.17, 15) is 4.79 Å². The number of ether oxygens (including phenoxy) is 1. The molecule has 4 rings (SSSR count). The quantitative estimate of drug-likeness (QED) is 0.517. The Bertz CT molecular complexity index is 1090. The van der Waals surface area contributed by atoms with Gasteiger partial charge in [-0.15, -0.1) is 11.3 Å². The molecule has 0 spiro atoms. The summed E-state index contributed by atoms with van der Waals surface area (Å²) < 4.78 is 8.72. The van der Waals surface area contributed by atoms with Gasteiger partial charge in [-0.1, -0.05) is 12.1 Å². The van der Waals surface area contributed by atoms with Gasteiger partial charge in [0.2, 0.25) is 0 Å². The van der Waals surface area contributed by atoms with Crippen molar-refractivity contribution in [2.75, 3.05) is 7.11 Å². The predicted molar refractivity (Wildman–Crippen MR) is 107 cm³/mol. The number of methoxy groups -OCH3 is 1. The van der Waals surface area contributed by atoms with E-state index in [2.05, 4.69) is 5.10 Å². The summed E-state index contributed by atoms with van der Waals surface area (Å²) in [7, 11) is 1.65. The van der Waals surface area contributed by atoms with Crippen LogP contribution in [0.15, 0.2) is 60.2 Å². The van der Waals surface area contributed by atoms with E-state index in [0.29, 0.717) is 4.88 Å². The molecule has 0 unspecified atom stereocenters. The summed E-state index contributed by atoms with van der Waals surface area (Å²) in [5.41, 5.74) is 4.56. The second-order valence-corrected chi connectivity index (χ2v) is 7.17. The van der Waals surface area contributed by atoms with Crippen molar-refractivity contribution >= 4 is 17.2 Å². The summed E-state index contributed by atoms with van der Waals surface area (Å²) in [4.78, 5) is 13.9. The van der Waals surface area contributed by atoms with Crippen LogP contribution in [0.4, 0.5) is 0 Å². The van der Waals surface area contributed by atoms with E-state index >= 15 is 0 Å². The van der Waals surface area contributed by atoms with Gasteiger partial charge in [0, 0.05) is 29.0 Å². The lowest BCUT2D eigenvalue weighted by molar-refractivity contribution is 0.0946. The Hall–Kier alpha value is -3.12. The Kier molecular flexibility index (Phi) is 4.41. The van der Waals surface area contributed by atoms with Gasteiger partial charge in [0.05, 0.1) is 18.5 Å². The number of hydrogen-bond acceptors (Lipinski definition) is 4. The first-order valence-corrected chi connectivity index (χ1v) is 9.43. The number of carbonyl (C=O) groups is 1. The van der Waals surface area contributed by atoms with Crippen molar-refractivity contribution in [3.8, 4) is 22.6 Å². The molecular weight excluding hydrogens is 358 g/mol. The van der Waals surface area contributed by atoms with E-state index in [0.717, 1.165) is 34.0 Å². The summed E-state index contributed by atoms with van der Waals surface area (Å²) in [6.07, 6.45) is 3.90. The van der Waals surface area contributed by atoms with Crippen LogP contribution in [0.2, 0.25) is 0 Å². The largest absolute Gasteiger partial charge is 0.497 e. The van der Waals surface area contributed by atoms with E-state index in [1.165, 1.54) is 16.0 Å². The first-order valence-electron chi connectivity index (χ1n) is 8.55. The van der Waals surface area contributed by atoms with Crippen molar-refractivity contribution in [1.29, 1.82) is 0 Å². The first-order chi connectivity index (χ1) is 13.1. The van der Waals surface area contributed by atoms with Gasteiger partial charge in [-0.05, 0) is 49.7 Å². The van der Waals surface area contributed by atoms with Crippen LogP contribution in [0, 0.1) is 13.8 Å². The maximum absolute atomic E-state index is 13.2. The summed E-state index contributed by atoms with van der Waals surface area (Å²) in [6, 6.07) is 13.7. The summed E-state index contributed by atoms with van der Waals surface area (Å²) in [5.74, 6) is 0.685. The molecule has 136 valence electrons. The molecule has 0 saturated carbocycles. The van der Waals surface area contributed by atoms with Gasteiger partial charge in [-0.2, -0.15) is 5.10 Å². The van der Waals surface area contributed by atoms with Gasteiger partial charge in [0.1, 0.15) is 10.6 Å². The maximum atomic E-state index is 13.2. The summed E-state index contributed by atoms with van der Waals surface area (Å²) >= 11 is 1.44. The lowest BCUT2D eigenvalue weighted by Crippen LogP contribution is -2.16. The topological polar surface area (TPSA) is 49.1 Å². The highest BCUT2D eigenvalue weighted by atomic mass is 32.1. The number of benzene rings is 1. The molecule has 5 nitrogen and oxygen atoms in total. The Morgan fingerprint density at radius 2 is 1.81 bits per heavy atom. The lowest BCUT2D eigenvalue weighted by atomic mass is 10.1. The monoisotopic (exact) mass is 377 g/mol. The van der Waals surface area contributed by atoms with E-state index < -0.39 is 0 Å². The average molecular weight is 377 g/mol. The van der Waals surface area contributed by atoms with Crippen LogP contribution in [0.25, 0.3) is 16.8 Å². The van der Waals surface area contributed by atoms with Gasteiger partial charge in [0.15, 0.2) is 0 Å². The van der Waals surface area contributed by atoms with Crippen molar-refractivity contribution in [2.45, 2.75) is 13.8 Å². The van der Waals surface area contributed by atoms with Crippen molar-refractivity contribution in [1.82, 2.24) is 14.3 Å². The molecule has 0 radical (unpaired) electrons. The van der Waals surface area contributed by atoms with Crippen LogP contribution in [0.3, 0.4) is 0 Å². The highest BCUT2D eigenvalue weighted by molar-refractivity contribution is 7.13. The summed E-state index contributed by atoms with van der Waals surface area (Å²) in [6.45, 7) is 3.78. The molecule has 1 aromatic carbocycles. The van der Waals surface area contributed by atoms with E-state index in [1.807, 2.05) is 78.7 Å². The minimum absolute atomic E-state index is 0.117. The van der Waals surface area contributed by atoms with Crippen LogP contribution < -0.4 is 4.74 Å². The molecule has 6 heteroatoms. The Labute approximate surface area is 161 Å². The second-order valence-electron chi connectivity index (χ2n) is 6.29. The molecule has 0 aliphatic rings. The third-order valence-electron chi connectivity index (χ3n) is 4.42. The minimum atomic E-state index is -0.117. The molecule has 0 fully saturated rings. The average Bonchev–Trinajstić information content (AvgIpc) is 3.40. The van der Waals surface area contributed by atoms with Gasteiger partial charge in [0.25, 0.3) is 5.91 Å². The molecule has 0 bridgehead atoms. The standard InChI is InChI=1S/C21H19N3O2S/c1-14-12-15(2)24(22-14)21(25)20-19(23-10-4-5-11-23)18(13-27-20)16-6-8-17(26-3)9-7-16/h4-13H,1-3H3.